The van der Waals surface area contributed by atoms with E-state index < -0.39 is 29.5 Å². The van der Waals surface area contributed by atoms with Crippen molar-refractivity contribution in [3.8, 4) is 17.6 Å². The van der Waals surface area contributed by atoms with Crippen LogP contribution in [0, 0.1) is 17.7 Å². The lowest BCUT2D eigenvalue weighted by atomic mass is 10.2. The highest BCUT2D eigenvalue weighted by Gasteiger charge is 2.31. The molecule has 0 atom stereocenters. The van der Waals surface area contributed by atoms with Crippen LogP contribution in [0.3, 0.4) is 0 Å². The molecule has 0 saturated carbocycles. The van der Waals surface area contributed by atoms with Crippen molar-refractivity contribution >= 4 is 5.97 Å². The summed E-state index contributed by atoms with van der Waals surface area (Å²) in [5.41, 5.74) is -0.394. The Bertz CT molecular complexity index is 526. The van der Waals surface area contributed by atoms with Gasteiger partial charge >= 0.3 is 12.3 Å². The zero-order chi connectivity index (χ0) is 14.5. The lowest BCUT2D eigenvalue weighted by molar-refractivity contribution is -0.274. The maximum atomic E-state index is 13.2. The van der Waals surface area contributed by atoms with Crippen LogP contribution in [-0.4, -0.2) is 18.9 Å². The minimum absolute atomic E-state index is 0.0905. The molecule has 0 spiro atoms. The normalized spacial score (nSPS) is 10.4. The number of benzene rings is 1. The molecule has 0 aliphatic rings. The van der Waals surface area contributed by atoms with E-state index >= 15 is 0 Å². The molecule has 19 heavy (non-hydrogen) atoms. The molecule has 0 N–H and O–H groups in total. The van der Waals surface area contributed by atoms with Crippen LogP contribution in [0.1, 0.15) is 12.5 Å². The first kappa shape index (κ1) is 14.8. The molecule has 0 radical (unpaired) electrons. The third kappa shape index (κ3) is 5.29. The summed E-state index contributed by atoms with van der Waals surface area (Å²) < 4.78 is 57.2. The highest BCUT2D eigenvalue weighted by atomic mass is 19.4. The SMILES string of the molecule is CCOC(=O)C#Cc1cc(OC(F)(F)F)ccc1F. The van der Waals surface area contributed by atoms with Crippen molar-refractivity contribution in [2.45, 2.75) is 13.3 Å². The van der Waals surface area contributed by atoms with Crippen molar-refractivity contribution in [2.75, 3.05) is 6.61 Å². The molecular weight excluding hydrogens is 268 g/mol. The Balaban J connectivity index is 2.95. The molecule has 1 aromatic carbocycles. The van der Waals surface area contributed by atoms with E-state index in [-0.39, 0.29) is 6.61 Å². The van der Waals surface area contributed by atoms with Crippen LogP contribution < -0.4 is 4.74 Å². The van der Waals surface area contributed by atoms with Crippen LogP contribution in [0.15, 0.2) is 18.2 Å². The van der Waals surface area contributed by atoms with Crippen molar-refractivity contribution in [3.63, 3.8) is 0 Å². The predicted octanol–water partition coefficient (Wildman–Crippen LogP) is 2.64. The van der Waals surface area contributed by atoms with Gasteiger partial charge in [-0.05, 0) is 25.1 Å². The number of halogens is 4. The number of hydrogen-bond donors (Lipinski definition) is 0. The number of esters is 1. The van der Waals surface area contributed by atoms with Crippen molar-refractivity contribution < 1.29 is 31.8 Å². The minimum Gasteiger partial charge on any atom is -0.456 e. The summed E-state index contributed by atoms with van der Waals surface area (Å²) in [5, 5.41) is 0. The summed E-state index contributed by atoms with van der Waals surface area (Å²) in [4.78, 5) is 10.9. The second-order valence-electron chi connectivity index (χ2n) is 3.16. The highest BCUT2D eigenvalue weighted by Crippen LogP contribution is 2.24. The largest absolute Gasteiger partial charge is 0.573 e. The number of rotatable bonds is 2. The van der Waals surface area contributed by atoms with Crippen LogP contribution in [0.2, 0.25) is 0 Å². The molecule has 7 heteroatoms. The molecule has 0 amide bonds. The van der Waals surface area contributed by atoms with Gasteiger partial charge in [-0.1, -0.05) is 5.92 Å². The molecule has 0 unspecified atom stereocenters. The molecule has 102 valence electrons. The average Bonchev–Trinajstić information content (AvgIpc) is 2.28. The zero-order valence-corrected chi connectivity index (χ0v) is 9.68. The van der Waals surface area contributed by atoms with E-state index in [9.17, 15) is 22.4 Å². The average molecular weight is 276 g/mol. The van der Waals surface area contributed by atoms with Gasteiger partial charge in [0.25, 0.3) is 0 Å². The van der Waals surface area contributed by atoms with E-state index in [1.807, 2.05) is 5.92 Å². The molecule has 0 aromatic heterocycles. The Morgan fingerprint density at radius 3 is 2.63 bits per heavy atom. The lowest BCUT2D eigenvalue weighted by Gasteiger charge is -2.08. The third-order valence-electron chi connectivity index (χ3n) is 1.75. The van der Waals surface area contributed by atoms with Crippen LogP contribution in [0.4, 0.5) is 17.6 Å². The van der Waals surface area contributed by atoms with Gasteiger partial charge in [0.1, 0.15) is 11.6 Å². The minimum atomic E-state index is -4.89. The number of carbonyl (C=O) groups is 1. The van der Waals surface area contributed by atoms with Crippen molar-refractivity contribution in [1.29, 1.82) is 0 Å². The van der Waals surface area contributed by atoms with Gasteiger partial charge < -0.3 is 9.47 Å². The maximum absolute atomic E-state index is 13.2. The first-order valence-electron chi connectivity index (χ1n) is 5.06. The second kappa shape index (κ2) is 6.09. The van der Waals surface area contributed by atoms with Gasteiger partial charge in [0.15, 0.2) is 0 Å². The third-order valence-corrected chi connectivity index (χ3v) is 1.75. The second-order valence-corrected chi connectivity index (χ2v) is 3.16. The van der Waals surface area contributed by atoms with Gasteiger partial charge in [0, 0.05) is 5.92 Å². The first-order valence-corrected chi connectivity index (χ1v) is 5.06. The van der Waals surface area contributed by atoms with E-state index in [0.717, 1.165) is 18.2 Å². The Hall–Kier alpha value is -2.23. The molecule has 0 heterocycles. The standard InChI is InChI=1S/C12H8F4O3/c1-2-18-11(17)6-3-8-7-9(4-5-10(8)13)19-12(14,15)16/h4-5,7H,2H2,1H3. The molecule has 1 aromatic rings. The monoisotopic (exact) mass is 276 g/mol. The summed E-state index contributed by atoms with van der Waals surface area (Å²) in [6.07, 6.45) is -4.89. The van der Waals surface area contributed by atoms with Crippen molar-refractivity contribution in [2.24, 2.45) is 0 Å². The molecule has 0 bridgehead atoms. The number of carbonyl (C=O) groups excluding carboxylic acids is 1. The van der Waals surface area contributed by atoms with Crippen LogP contribution in [0.5, 0.6) is 5.75 Å². The van der Waals surface area contributed by atoms with E-state index in [1.165, 1.54) is 0 Å². The molecule has 0 fully saturated rings. The summed E-state index contributed by atoms with van der Waals surface area (Å²) in [7, 11) is 0. The van der Waals surface area contributed by atoms with Crippen LogP contribution in [-0.2, 0) is 9.53 Å². The molecule has 3 nitrogen and oxygen atoms in total. The topological polar surface area (TPSA) is 35.5 Å². The predicted molar refractivity (Wildman–Crippen MR) is 56.6 cm³/mol. The molecule has 1 rings (SSSR count). The summed E-state index contributed by atoms with van der Waals surface area (Å²) >= 11 is 0. The first-order chi connectivity index (χ1) is 8.81. The Labute approximate surface area is 106 Å². The van der Waals surface area contributed by atoms with Crippen molar-refractivity contribution in [1.82, 2.24) is 0 Å². The van der Waals surface area contributed by atoms with E-state index in [0.29, 0.717) is 0 Å². The zero-order valence-electron chi connectivity index (χ0n) is 9.68. The molecule has 0 aliphatic carbocycles. The van der Waals surface area contributed by atoms with E-state index in [1.54, 1.807) is 6.92 Å². The number of alkyl halides is 3. The Morgan fingerprint density at radius 1 is 1.37 bits per heavy atom. The van der Waals surface area contributed by atoms with Crippen molar-refractivity contribution in [3.05, 3.63) is 29.6 Å². The Kier molecular flexibility index (Phi) is 4.75. The fraction of sp³-hybridized carbons (Fsp3) is 0.250. The van der Waals surface area contributed by atoms with E-state index in [4.69, 9.17) is 0 Å². The summed E-state index contributed by atoms with van der Waals surface area (Å²) in [6.45, 7) is 1.64. The van der Waals surface area contributed by atoms with Gasteiger partial charge in [0.2, 0.25) is 0 Å². The van der Waals surface area contributed by atoms with Gasteiger partial charge in [-0.25, -0.2) is 9.18 Å². The van der Waals surface area contributed by atoms with E-state index in [2.05, 4.69) is 15.4 Å². The van der Waals surface area contributed by atoms with Gasteiger partial charge in [0.05, 0.1) is 12.2 Å². The molecule has 0 saturated heterocycles. The highest BCUT2D eigenvalue weighted by molar-refractivity contribution is 5.89. The molecule has 0 aliphatic heterocycles. The summed E-state index contributed by atoms with van der Waals surface area (Å²) in [6, 6.07) is 2.31. The lowest BCUT2D eigenvalue weighted by Crippen LogP contribution is -2.17. The Morgan fingerprint density at radius 2 is 2.05 bits per heavy atom. The number of ether oxygens (including phenoxy) is 2. The fourth-order valence-corrected chi connectivity index (χ4v) is 1.08. The van der Waals surface area contributed by atoms with Crippen LogP contribution in [0.25, 0.3) is 0 Å². The molecular formula is C12H8F4O3. The fourth-order valence-electron chi connectivity index (χ4n) is 1.08. The smallest absolute Gasteiger partial charge is 0.456 e. The number of hydrogen-bond acceptors (Lipinski definition) is 3. The summed E-state index contributed by atoms with van der Waals surface area (Å²) in [5.74, 6) is 1.63. The van der Waals surface area contributed by atoms with Crippen LogP contribution >= 0.6 is 0 Å². The maximum Gasteiger partial charge on any atom is 0.573 e. The van der Waals surface area contributed by atoms with Gasteiger partial charge in [-0.2, -0.15) is 0 Å². The van der Waals surface area contributed by atoms with Gasteiger partial charge in [-0.3, -0.25) is 0 Å². The van der Waals surface area contributed by atoms with Gasteiger partial charge in [-0.15, -0.1) is 13.2 Å². The quantitative estimate of drug-likeness (QED) is 0.473.